The molecule has 0 unspecified atom stereocenters. The zero-order valence-electron chi connectivity index (χ0n) is 13.8. The third-order valence-electron chi connectivity index (χ3n) is 3.10. The van der Waals surface area contributed by atoms with E-state index in [-0.39, 0.29) is 35.8 Å². The van der Waals surface area contributed by atoms with Crippen LogP contribution in [0, 0.1) is 16.7 Å². The molecule has 0 bridgehead atoms. The molecule has 24 heavy (non-hydrogen) atoms. The van der Waals surface area contributed by atoms with E-state index < -0.39 is 21.4 Å². The van der Waals surface area contributed by atoms with E-state index in [1.807, 2.05) is 6.07 Å². The van der Waals surface area contributed by atoms with E-state index in [4.69, 9.17) is 10.00 Å². The van der Waals surface area contributed by atoms with Crippen LogP contribution < -0.4 is 4.72 Å². The number of nitriles is 1. The lowest BCUT2D eigenvalue weighted by molar-refractivity contribution is -0.129. The molecule has 0 heterocycles. The second-order valence-electron chi connectivity index (χ2n) is 6.08. The number of carbonyl (C=O) groups excluding carboxylic acids is 2. The Balaban J connectivity index is 2.72. The molecule has 130 valence electrons. The van der Waals surface area contributed by atoms with Crippen LogP contribution in [0.4, 0.5) is 0 Å². The lowest BCUT2D eigenvalue weighted by Crippen LogP contribution is -2.26. The van der Waals surface area contributed by atoms with Gasteiger partial charge in [0.25, 0.3) is 0 Å². The second kappa shape index (κ2) is 8.04. The van der Waals surface area contributed by atoms with Crippen molar-refractivity contribution in [2.75, 3.05) is 13.2 Å². The van der Waals surface area contributed by atoms with Gasteiger partial charge >= 0.3 is 5.97 Å². The van der Waals surface area contributed by atoms with Crippen molar-refractivity contribution in [3.8, 4) is 6.07 Å². The first-order valence-corrected chi connectivity index (χ1v) is 8.73. The van der Waals surface area contributed by atoms with Crippen LogP contribution in [-0.4, -0.2) is 33.3 Å². The molecule has 1 N–H and O–H groups in total. The minimum absolute atomic E-state index is 0.0114. The monoisotopic (exact) mass is 352 g/mol. The Morgan fingerprint density at radius 1 is 1.21 bits per heavy atom. The molecule has 0 atom stereocenters. The fourth-order valence-corrected chi connectivity index (χ4v) is 2.56. The Morgan fingerprint density at radius 3 is 2.29 bits per heavy atom. The smallest absolute Gasteiger partial charge is 0.338 e. The quantitative estimate of drug-likeness (QED) is 0.589. The number of hydrogen-bond acceptors (Lipinski definition) is 6. The zero-order chi connectivity index (χ0) is 18.4. The summed E-state index contributed by atoms with van der Waals surface area (Å²) in [6.07, 6.45) is 0.0610. The normalized spacial score (nSPS) is 11.6. The average molecular weight is 352 g/mol. The second-order valence-corrected chi connectivity index (χ2v) is 7.85. The standard InChI is InChI=1S/C16H20N2O5S/c1-16(2,3)14(19)11-23-15(20)12-5-7-13(8-6-12)24(21,22)18-10-4-9-17/h5-8,18H,4,10-11H2,1-3H3. The van der Waals surface area contributed by atoms with E-state index in [0.29, 0.717) is 0 Å². The predicted octanol–water partition coefficient (Wildman–Crippen LogP) is 1.65. The van der Waals surface area contributed by atoms with E-state index in [1.165, 1.54) is 24.3 Å². The van der Waals surface area contributed by atoms with E-state index in [2.05, 4.69) is 4.72 Å². The summed E-state index contributed by atoms with van der Waals surface area (Å²) in [6, 6.07) is 6.97. The molecule has 7 nitrogen and oxygen atoms in total. The number of Topliss-reactive ketones (excluding diaryl/α,β-unsaturated/α-hetero) is 1. The van der Waals surface area contributed by atoms with Gasteiger partial charge in [-0.25, -0.2) is 17.9 Å². The molecule has 0 saturated carbocycles. The molecule has 0 aromatic heterocycles. The Bertz CT molecular complexity index is 740. The molecule has 0 radical (unpaired) electrons. The van der Waals surface area contributed by atoms with Crippen LogP contribution in [0.15, 0.2) is 29.2 Å². The molecule has 8 heteroatoms. The maximum atomic E-state index is 11.9. The topological polar surface area (TPSA) is 113 Å². The van der Waals surface area contributed by atoms with E-state index in [9.17, 15) is 18.0 Å². The first-order valence-electron chi connectivity index (χ1n) is 7.25. The Labute approximate surface area is 141 Å². The Hall–Kier alpha value is -2.24. The highest BCUT2D eigenvalue weighted by Crippen LogP contribution is 2.15. The van der Waals surface area contributed by atoms with Crippen molar-refractivity contribution < 1.29 is 22.7 Å². The van der Waals surface area contributed by atoms with Gasteiger partial charge in [0.1, 0.15) is 0 Å². The van der Waals surface area contributed by atoms with Crippen LogP contribution in [0.25, 0.3) is 0 Å². The molecule has 0 aliphatic rings. The molecule has 0 saturated heterocycles. The van der Waals surface area contributed by atoms with Gasteiger partial charge in [0.05, 0.1) is 16.5 Å². The number of sulfonamides is 1. The van der Waals surface area contributed by atoms with Gasteiger partial charge in [-0.1, -0.05) is 20.8 Å². The van der Waals surface area contributed by atoms with E-state index >= 15 is 0 Å². The Morgan fingerprint density at radius 2 is 1.79 bits per heavy atom. The molecule has 1 aromatic rings. The van der Waals surface area contributed by atoms with Crippen LogP contribution in [0.5, 0.6) is 0 Å². The lowest BCUT2D eigenvalue weighted by Gasteiger charge is -2.16. The van der Waals surface area contributed by atoms with Crippen molar-refractivity contribution in [2.45, 2.75) is 32.1 Å². The van der Waals surface area contributed by atoms with Crippen LogP contribution in [-0.2, 0) is 19.6 Å². The van der Waals surface area contributed by atoms with Gasteiger partial charge in [0.15, 0.2) is 12.4 Å². The van der Waals surface area contributed by atoms with Gasteiger partial charge in [-0.15, -0.1) is 0 Å². The third kappa shape index (κ3) is 5.76. The predicted molar refractivity (Wildman–Crippen MR) is 86.6 cm³/mol. The fourth-order valence-electron chi connectivity index (χ4n) is 1.53. The number of ether oxygens (including phenoxy) is 1. The number of rotatable bonds is 7. The number of ketones is 1. The lowest BCUT2D eigenvalue weighted by atomic mass is 9.91. The van der Waals surface area contributed by atoms with Crippen molar-refractivity contribution in [2.24, 2.45) is 5.41 Å². The van der Waals surface area contributed by atoms with E-state index in [1.54, 1.807) is 20.8 Å². The minimum Gasteiger partial charge on any atom is -0.454 e. The van der Waals surface area contributed by atoms with Crippen LogP contribution >= 0.6 is 0 Å². The number of nitrogens with zero attached hydrogens (tertiary/aromatic N) is 1. The van der Waals surface area contributed by atoms with Gasteiger partial charge < -0.3 is 4.74 Å². The van der Waals surface area contributed by atoms with E-state index in [0.717, 1.165) is 0 Å². The van der Waals surface area contributed by atoms with Gasteiger partial charge in [0.2, 0.25) is 10.0 Å². The maximum Gasteiger partial charge on any atom is 0.338 e. The summed E-state index contributed by atoms with van der Waals surface area (Å²) in [4.78, 5) is 23.6. The van der Waals surface area contributed by atoms with Crippen LogP contribution in [0.3, 0.4) is 0 Å². The SMILES string of the molecule is CC(C)(C)C(=O)COC(=O)c1ccc(S(=O)(=O)NCCC#N)cc1. The maximum absolute atomic E-state index is 11.9. The van der Waals surface area contributed by atoms with Gasteiger partial charge in [-0.05, 0) is 24.3 Å². The highest BCUT2D eigenvalue weighted by atomic mass is 32.2. The van der Waals surface area contributed by atoms with Crippen molar-refractivity contribution in [3.05, 3.63) is 29.8 Å². The van der Waals surface area contributed by atoms with Crippen molar-refractivity contribution >= 4 is 21.8 Å². The summed E-state index contributed by atoms with van der Waals surface area (Å²) in [7, 11) is -3.73. The van der Waals surface area contributed by atoms with Gasteiger partial charge in [0, 0.05) is 18.4 Å². The van der Waals surface area contributed by atoms with Crippen molar-refractivity contribution in [1.29, 1.82) is 5.26 Å². The van der Waals surface area contributed by atoms with Crippen LogP contribution in [0.1, 0.15) is 37.6 Å². The molecule has 1 aromatic carbocycles. The summed E-state index contributed by atoms with van der Waals surface area (Å²) in [5.41, 5.74) is -0.458. The number of carbonyl (C=O) groups is 2. The molecule has 1 rings (SSSR count). The number of esters is 1. The van der Waals surface area contributed by atoms with Gasteiger partial charge in [-0.3, -0.25) is 4.79 Å². The molecular formula is C16H20N2O5S. The van der Waals surface area contributed by atoms with Gasteiger partial charge in [-0.2, -0.15) is 5.26 Å². The summed E-state index contributed by atoms with van der Waals surface area (Å²) in [5.74, 6) is -0.911. The summed E-state index contributed by atoms with van der Waals surface area (Å²) in [6.45, 7) is 4.85. The highest BCUT2D eigenvalue weighted by Gasteiger charge is 2.23. The first-order chi connectivity index (χ1) is 11.1. The Kier molecular flexibility index (Phi) is 6.63. The third-order valence-corrected chi connectivity index (χ3v) is 4.58. The molecule has 0 aliphatic carbocycles. The number of benzene rings is 1. The van der Waals surface area contributed by atoms with Crippen LogP contribution in [0.2, 0.25) is 0 Å². The molecule has 0 aliphatic heterocycles. The van der Waals surface area contributed by atoms with Crippen molar-refractivity contribution in [1.82, 2.24) is 4.72 Å². The number of hydrogen-bond donors (Lipinski definition) is 1. The number of nitrogens with one attached hydrogen (secondary N) is 1. The molecular weight excluding hydrogens is 332 g/mol. The largest absolute Gasteiger partial charge is 0.454 e. The summed E-state index contributed by atoms with van der Waals surface area (Å²) < 4.78 is 31.1. The summed E-state index contributed by atoms with van der Waals surface area (Å²) in [5, 5.41) is 8.41. The van der Waals surface area contributed by atoms with Crippen molar-refractivity contribution in [3.63, 3.8) is 0 Å². The first kappa shape index (κ1) is 19.8. The highest BCUT2D eigenvalue weighted by molar-refractivity contribution is 7.89. The zero-order valence-corrected chi connectivity index (χ0v) is 14.6. The minimum atomic E-state index is -3.73. The summed E-state index contributed by atoms with van der Waals surface area (Å²) >= 11 is 0. The average Bonchev–Trinajstić information content (AvgIpc) is 2.51. The fraction of sp³-hybridized carbons (Fsp3) is 0.438. The molecule has 0 amide bonds. The molecule has 0 fully saturated rings. The molecule has 0 spiro atoms.